The highest BCUT2D eigenvalue weighted by Gasteiger charge is 2.17. The molecular weight excluding hydrogens is 438 g/mol. The van der Waals surface area contributed by atoms with Gasteiger partial charge in [0, 0.05) is 50.4 Å². The second-order valence-electron chi connectivity index (χ2n) is 9.35. The van der Waals surface area contributed by atoms with Gasteiger partial charge in [0.1, 0.15) is 0 Å². The average molecular weight is 460 g/mol. The second-order valence-corrected chi connectivity index (χ2v) is 9.35. The molecule has 0 unspecified atom stereocenters. The minimum Gasteiger partial charge on any atom is -0.317 e. The number of rotatable bonds is 2. The number of pyridine rings is 1. The van der Waals surface area contributed by atoms with Crippen LogP contribution in [-0.4, -0.2) is 14.1 Å². The van der Waals surface area contributed by atoms with E-state index < -0.39 is 0 Å². The molecule has 0 N–H and O–H groups in total. The largest absolute Gasteiger partial charge is 0.317 e. The Bertz CT molecular complexity index is 2090. The van der Waals surface area contributed by atoms with Crippen LogP contribution in [0, 0.1) is 0 Å². The topological polar surface area (TPSA) is 22.8 Å². The van der Waals surface area contributed by atoms with Crippen LogP contribution in [0.1, 0.15) is 0 Å². The van der Waals surface area contributed by atoms with E-state index in [-0.39, 0.29) is 0 Å². The Balaban J connectivity index is 1.53. The first-order valence-electron chi connectivity index (χ1n) is 12.2. The molecule has 3 aromatic heterocycles. The molecule has 0 aliphatic carbocycles. The third-order valence-corrected chi connectivity index (χ3v) is 7.38. The van der Waals surface area contributed by atoms with Gasteiger partial charge in [-0.1, -0.05) is 72.8 Å². The number of hydrogen-bond donors (Lipinski definition) is 0. The fourth-order valence-electron chi connectivity index (χ4n) is 5.76. The lowest BCUT2D eigenvalue weighted by Gasteiger charge is -2.13. The Kier molecular flexibility index (Phi) is 3.94. The Morgan fingerprint density at radius 2 is 1.31 bits per heavy atom. The lowest BCUT2D eigenvalue weighted by Crippen LogP contribution is -1.97. The van der Waals surface area contributed by atoms with Gasteiger partial charge in [-0.3, -0.25) is 4.98 Å². The maximum atomic E-state index is 4.63. The monoisotopic (exact) mass is 459 g/mol. The molecule has 8 aromatic rings. The number of nitrogens with zero attached hydrogens (tertiary/aromatic N) is 3. The first kappa shape index (κ1) is 19.4. The van der Waals surface area contributed by atoms with Crippen molar-refractivity contribution in [1.29, 1.82) is 0 Å². The van der Waals surface area contributed by atoms with Gasteiger partial charge in [0.2, 0.25) is 0 Å². The number of benzene rings is 5. The minimum atomic E-state index is 1.11. The molecule has 3 nitrogen and oxygen atoms in total. The highest BCUT2D eigenvalue weighted by Crippen LogP contribution is 2.39. The van der Waals surface area contributed by atoms with Gasteiger partial charge in [0.05, 0.1) is 28.4 Å². The van der Waals surface area contributed by atoms with Gasteiger partial charge in [-0.2, -0.15) is 0 Å². The van der Waals surface area contributed by atoms with Crippen molar-refractivity contribution >= 4 is 54.3 Å². The maximum absolute atomic E-state index is 4.63. The van der Waals surface area contributed by atoms with Crippen LogP contribution in [0.15, 0.2) is 128 Å². The Morgan fingerprint density at radius 3 is 2.22 bits per heavy atom. The average Bonchev–Trinajstić information content (AvgIpc) is 3.51. The van der Waals surface area contributed by atoms with Crippen LogP contribution in [0.3, 0.4) is 0 Å². The van der Waals surface area contributed by atoms with Crippen molar-refractivity contribution in [3.63, 3.8) is 0 Å². The van der Waals surface area contributed by atoms with Crippen LogP contribution in [-0.2, 0) is 0 Å². The van der Waals surface area contributed by atoms with Crippen LogP contribution in [0.4, 0.5) is 0 Å². The van der Waals surface area contributed by atoms with E-state index in [2.05, 4.69) is 130 Å². The van der Waals surface area contributed by atoms with E-state index in [1.807, 2.05) is 12.4 Å². The first-order valence-corrected chi connectivity index (χ1v) is 12.2. The standard InChI is InChI=1S/C33H21N3/c1-2-9-25(10-3-1)35-17-16-23-18-29-22(19-31(23)35)14-15-28-27-12-6-7-13-30(27)36(33(28)29)32-21-34-20-24-8-4-5-11-26(24)32/h1-21H. The van der Waals surface area contributed by atoms with Crippen molar-refractivity contribution < 1.29 is 0 Å². The summed E-state index contributed by atoms with van der Waals surface area (Å²) < 4.78 is 4.67. The quantitative estimate of drug-likeness (QED) is 0.254. The van der Waals surface area contributed by atoms with Crippen LogP contribution in [0.2, 0.25) is 0 Å². The molecule has 5 aromatic carbocycles. The van der Waals surface area contributed by atoms with Gasteiger partial charge in [-0.05, 0) is 41.8 Å². The van der Waals surface area contributed by atoms with Crippen LogP contribution in [0.5, 0.6) is 0 Å². The molecule has 3 heterocycles. The van der Waals surface area contributed by atoms with E-state index in [1.54, 1.807) is 0 Å². The van der Waals surface area contributed by atoms with Crippen LogP contribution < -0.4 is 0 Å². The predicted molar refractivity (Wildman–Crippen MR) is 150 cm³/mol. The van der Waals surface area contributed by atoms with Crippen molar-refractivity contribution in [3.8, 4) is 11.4 Å². The zero-order valence-electron chi connectivity index (χ0n) is 19.5. The van der Waals surface area contributed by atoms with E-state index in [4.69, 9.17) is 0 Å². The smallest absolute Gasteiger partial charge is 0.0724 e. The van der Waals surface area contributed by atoms with Crippen molar-refractivity contribution in [3.05, 3.63) is 128 Å². The van der Waals surface area contributed by atoms with Gasteiger partial charge in [-0.25, -0.2) is 0 Å². The second kappa shape index (κ2) is 7.30. The van der Waals surface area contributed by atoms with Gasteiger partial charge in [0.25, 0.3) is 0 Å². The fraction of sp³-hybridized carbons (Fsp3) is 0. The summed E-state index contributed by atoms with van der Waals surface area (Å²) in [5.41, 5.74) is 5.90. The van der Waals surface area contributed by atoms with Crippen molar-refractivity contribution in [2.45, 2.75) is 0 Å². The van der Waals surface area contributed by atoms with Gasteiger partial charge >= 0.3 is 0 Å². The molecular formula is C33H21N3. The van der Waals surface area contributed by atoms with Crippen molar-refractivity contribution in [1.82, 2.24) is 14.1 Å². The summed E-state index contributed by atoms with van der Waals surface area (Å²) in [6.07, 6.45) is 6.11. The molecule has 0 saturated heterocycles. The summed E-state index contributed by atoms with van der Waals surface area (Å²) in [7, 11) is 0. The number of aromatic nitrogens is 3. The van der Waals surface area contributed by atoms with Crippen molar-refractivity contribution in [2.75, 3.05) is 0 Å². The molecule has 3 heteroatoms. The molecule has 8 rings (SSSR count). The fourth-order valence-corrected chi connectivity index (χ4v) is 5.76. The van der Waals surface area contributed by atoms with E-state index in [9.17, 15) is 0 Å². The minimum absolute atomic E-state index is 1.11. The number of hydrogen-bond acceptors (Lipinski definition) is 1. The molecule has 36 heavy (non-hydrogen) atoms. The lowest BCUT2D eigenvalue weighted by molar-refractivity contribution is 1.13. The zero-order valence-corrected chi connectivity index (χ0v) is 19.5. The molecule has 0 saturated carbocycles. The summed E-state index contributed by atoms with van der Waals surface area (Å²) in [6.45, 7) is 0. The van der Waals surface area contributed by atoms with E-state index in [0.717, 1.165) is 11.1 Å². The predicted octanol–water partition coefficient (Wildman–Crippen LogP) is 8.43. The molecule has 168 valence electrons. The lowest BCUT2D eigenvalue weighted by atomic mass is 10.0. The summed E-state index contributed by atoms with van der Waals surface area (Å²) in [5, 5.41) is 8.55. The van der Waals surface area contributed by atoms with Crippen LogP contribution >= 0.6 is 0 Å². The molecule has 0 bridgehead atoms. The number of fused-ring (bicyclic) bond motifs is 7. The summed E-state index contributed by atoms with van der Waals surface area (Å²) in [5.74, 6) is 0. The first-order chi connectivity index (χ1) is 17.9. The van der Waals surface area contributed by atoms with E-state index in [1.165, 1.54) is 54.6 Å². The molecule has 0 atom stereocenters. The Labute approximate surface area is 207 Å². The zero-order chi connectivity index (χ0) is 23.6. The van der Waals surface area contributed by atoms with Gasteiger partial charge in [0.15, 0.2) is 0 Å². The molecule has 0 amide bonds. The molecule has 0 aliphatic rings. The highest BCUT2D eigenvalue weighted by atomic mass is 15.0. The summed E-state index contributed by atoms with van der Waals surface area (Å²) >= 11 is 0. The molecule has 0 aliphatic heterocycles. The third kappa shape index (κ3) is 2.65. The molecule has 0 fully saturated rings. The van der Waals surface area contributed by atoms with E-state index in [0.29, 0.717) is 0 Å². The molecule has 0 radical (unpaired) electrons. The maximum Gasteiger partial charge on any atom is 0.0724 e. The van der Waals surface area contributed by atoms with Crippen molar-refractivity contribution in [2.24, 2.45) is 0 Å². The number of para-hydroxylation sites is 2. The Hall–Kier alpha value is -4.89. The van der Waals surface area contributed by atoms with Gasteiger partial charge < -0.3 is 9.13 Å². The summed E-state index contributed by atoms with van der Waals surface area (Å²) in [6, 6.07) is 39.1. The third-order valence-electron chi connectivity index (χ3n) is 7.38. The highest BCUT2D eigenvalue weighted by molar-refractivity contribution is 6.20. The SMILES string of the molecule is c1ccc(-n2ccc3cc4c(ccc5c6ccccc6n(-c6cncc7ccccc67)c45)cc32)cc1. The molecule has 0 spiro atoms. The van der Waals surface area contributed by atoms with Gasteiger partial charge in [-0.15, -0.1) is 0 Å². The van der Waals surface area contributed by atoms with E-state index >= 15 is 0 Å². The van der Waals surface area contributed by atoms with Crippen LogP contribution in [0.25, 0.3) is 65.6 Å². The summed E-state index contributed by atoms with van der Waals surface area (Å²) in [4.78, 5) is 4.63. The Morgan fingerprint density at radius 1 is 0.500 bits per heavy atom. The normalized spacial score (nSPS) is 11.9.